The Morgan fingerprint density at radius 1 is 1.36 bits per heavy atom. The molecule has 28 heavy (non-hydrogen) atoms. The number of rotatable bonds is 5. The van der Waals surface area contributed by atoms with Crippen LogP contribution in [0.15, 0.2) is 27.5 Å². The van der Waals surface area contributed by atoms with Crippen molar-refractivity contribution in [2.45, 2.75) is 31.4 Å². The first kappa shape index (κ1) is 19.6. The third-order valence-corrected chi connectivity index (χ3v) is 7.17. The minimum absolute atomic E-state index is 0.0959. The Balaban J connectivity index is 1.40. The number of nitrogens with zero attached hydrogens (tertiary/aromatic N) is 1. The second-order valence-electron chi connectivity index (χ2n) is 6.57. The third kappa shape index (κ3) is 4.16. The predicted molar refractivity (Wildman–Crippen MR) is 116 cm³/mol. The van der Waals surface area contributed by atoms with Crippen molar-refractivity contribution in [3.63, 3.8) is 0 Å². The van der Waals surface area contributed by atoms with E-state index in [1.165, 1.54) is 28.8 Å². The van der Waals surface area contributed by atoms with Crippen LogP contribution in [0.25, 0.3) is 10.2 Å². The molecule has 146 valence electrons. The van der Waals surface area contributed by atoms with Crippen LogP contribution in [0.5, 0.6) is 0 Å². The van der Waals surface area contributed by atoms with Crippen LogP contribution in [0, 0.1) is 5.82 Å². The topological polar surface area (TPSA) is 74.8 Å². The van der Waals surface area contributed by atoms with Crippen molar-refractivity contribution in [3.05, 3.63) is 55.1 Å². The minimum Gasteiger partial charge on any atom is -0.323 e. The summed E-state index contributed by atoms with van der Waals surface area (Å²) in [4.78, 5) is 34.1. The second-order valence-corrected chi connectivity index (χ2v) is 9.55. The van der Waals surface area contributed by atoms with Gasteiger partial charge in [-0.15, -0.1) is 23.1 Å². The first-order chi connectivity index (χ1) is 13.5. The number of H-pyrrole nitrogens is 1. The fourth-order valence-corrected chi connectivity index (χ4v) is 5.60. The molecule has 1 aromatic carbocycles. The van der Waals surface area contributed by atoms with Crippen molar-refractivity contribution in [2.75, 3.05) is 11.1 Å². The van der Waals surface area contributed by atoms with E-state index in [1.807, 2.05) is 0 Å². The molecule has 2 heterocycles. The molecule has 0 saturated carbocycles. The summed E-state index contributed by atoms with van der Waals surface area (Å²) in [6.45, 7) is 0. The van der Waals surface area contributed by atoms with Crippen molar-refractivity contribution >= 4 is 60.8 Å². The maximum atomic E-state index is 13.8. The van der Waals surface area contributed by atoms with E-state index in [4.69, 9.17) is 0 Å². The maximum Gasteiger partial charge on any atom is 0.259 e. The number of amides is 1. The lowest BCUT2D eigenvalue weighted by atomic mass is 9.97. The Morgan fingerprint density at radius 3 is 3.00 bits per heavy atom. The molecule has 0 fully saturated rings. The smallest absolute Gasteiger partial charge is 0.259 e. The number of nitrogens with one attached hydrogen (secondary N) is 2. The highest BCUT2D eigenvalue weighted by molar-refractivity contribution is 9.10. The quantitative estimate of drug-likeness (QED) is 0.556. The van der Waals surface area contributed by atoms with Gasteiger partial charge in [0.25, 0.3) is 5.56 Å². The van der Waals surface area contributed by atoms with Crippen molar-refractivity contribution in [2.24, 2.45) is 0 Å². The van der Waals surface area contributed by atoms with Crippen LogP contribution in [0.3, 0.4) is 0 Å². The molecule has 3 aromatic rings. The Hall–Kier alpha value is -1.71. The molecule has 1 amide bonds. The van der Waals surface area contributed by atoms with Gasteiger partial charge in [0.1, 0.15) is 16.5 Å². The number of aromatic amines is 1. The third-order valence-electron chi connectivity index (χ3n) is 4.55. The van der Waals surface area contributed by atoms with Gasteiger partial charge in [-0.2, -0.15) is 0 Å². The van der Waals surface area contributed by atoms with Gasteiger partial charge in [0.05, 0.1) is 22.6 Å². The number of benzene rings is 1. The van der Waals surface area contributed by atoms with Gasteiger partial charge in [-0.25, -0.2) is 9.37 Å². The Kier molecular flexibility index (Phi) is 5.84. The summed E-state index contributed by atoms with van der Waals surface area (Å²) in [5, 5.41) is 3.29. The Morgan fingerprint density at radius 2 is 2.18 bits per heavy atom. The number of anilines is 1. The maximum absolute atomic E-state index is 13.8. The van der Waals surface area contributed by atoms with Crippen LogP contribution in [0.1, 0.15) is 29.1 Å². The van der Waals surface area contributed by atoms with E-state index in [1.54, 1.807) is 17.4 Å². The van der Waals surface area contributed by atoms with Crippen LogP contribution in [-0.4, -0.2) is 21.6 Å². The number of aryl methyl sites for hydroxylation is 2. The average molecular weight is 482 g/mol. The van der Waals surface area contributed by atoms with Gasteiger partial charge in [0.2, 0.25) is 5.91 Å². The monoisotopic (exact) mass is 481 g/mol. The van der Waals surface area contributed by atoms with Crippen molar-refractivity contribution in [1.29, 1.82) is 0 Å². The summed E-state index contributed by atoms with van der Waals surface area (Å²) < 4.78 is 14.4. The van der Waals surface area contributed by atoms with Gasteiger partial charge < -0.3 is 10.3 Å². The summed E-state index contributed by atoms with van der Waals surface area (Å²) in [5.41, 5.74) is 1.21. The Labute approximate surface area is 177 Å². The fraction of sp³-hybridized carbons (Fsp3) is 0.316. The van der Waals surface area contributed by atoms with Gasteiger partial charge >= 0.3 is 0 Å². The van der Waals surface area contributed by atoms with E-state index < -0.39 is 5.82 Å². The minimum atomic E-state index is -0.495. The molecule has 4 rings (SSSR count). The number of fused-ring (bicyclic) bond motifs is 3. The van der Waals surface area contributed by atoms with Gasteiger partial charge in [-0.3, -0.25) is 9.59 Å². The van der Waals surface area contributed by atoms with Crippen LogP contribution in [-0.2, 0) is 23.4 Å². The first-order valence-electron chi connectivity index (χ1n) is 8.87. The molecule has 0 unspecified atom stereocenters. The van der Waals surface area contributed by atoms with E-state index in [0.29, 0.717) is 16.0 Å². The van der Waals surface area contributed by atoms with Gasteiger partial charge in [-0.1, -0.05) is 15.9 Å². The molecule has 0 saturated heterocycles. The lowest BCUT2D eigenvalue weighted by Crippen LogP contribution is -2.16. The molecule has 0 aliphatic heterocycles. The SMILES string of the molecule is O=C(CSCc1nc2sc3c(c2c(=O)[nH]1)CCCC3)Nc1ccc(Br)cc1F. The lowest BCUT2D eigenvalue weighted by molar-refractivity contribution is -0.113. The number of aromatic nitrogens is 2. The molecule has 0 radical (unpaired) electrons. The molecule has 5 nitrogen and oxygen atoms in total. The molecular weight excluding hydrogens is 465 g/mol. The molecule has 0 spiro atoms. The average Bonchev–Trinajstić information content (AvgIpc) is 3.03. The summed E-state index contributed by atoms with van der Waals surface area (Å²) in [5.74, 6) is 0.304. The van der Waals surface area contributed by atoms with Crippen molar-refractivity contribution < 1.29 is 9.18 Å². The molecule has 2 aromatic heterocycles. The highest BCUT2D eigenvalue weighted by Gasteiger charge is 2.19. The summed E-state index contributed by atoms with van der Waals surface area (Å²) in [6, 6.07) is 4.47. The largest absolute Gasteiger partial charge is 0.323 e. The zero-order valence-corrected chi connectivity index (χ0v) is 18.0. The molecule has 9 heteroatoms. The first-order valence-corrected chi connectivity index (χ1v) is 11.6. The van der Waals surface area contributed by atoms with Gasteiger partial charge in [0.15, 0.2) is 0 Å². The molecule has 1 aliphatic carbocycles. The standard InChI is InChI=1S/C19H17BrFN3O2S2/c20-10-5-6-13(12(21)7-10)22-16(25)9-27-8-15-23-18(26)17-11-3-1-2-4-14(11)28-19(17)24-15/h5-7H,1-4,8-9H2,(H,22,25)(H,23,24,26). The van der Waals surface area contributed by atoms with E-state index in [9.17, 15) is 14.0 Å². The van der Waals surface area contributed by atoms with Crippen molar-refractivity contribution in [1.82, 2.24) is 9.97 Å². The number of halogens is 2. The van der Waals surface area contributed by atoms with E-state index >= 15 is 0 Å². The summed E-state index contributed by atoms with van der Waals surface area (Å²) in [7, 11) is 0. The molecule has 0 atom stereocenters. The number of hydrogen-bond donors (Lipinski definition) is 2. The van der Waals surface area contributed by atoms with Crippen molar-refractivity contribution in [3.8, 4) is 0 Å². The lowest BCUT2D eigenvalue weighted by Gasteiger charge is -2.09. The number of carbonyl (C=O) groups excluding carboxylic acids is 1. The number of thioether (sulfide) groups is 1. The predicted octanol–water partition coefficient (Wildman–Crippen LogP) is 4.64. The number of hydrogen-bond acceptors (Lipinski definition) is 5. The zero-order chi connectivity index (χ0) is 19.7. The fourth-order valence-electron chi connectivity index (χ4n) is 3.29. The van der Waals surface area contributed by atoms with E-state index in [0.717, 1.165) is 41.5 Å². The molecule has 0 bridgehead atoms. The zero-order valence-electron chi connectivity index (χ0n) is 14.8. The molecular formula is C19H17BrFN3O2S2. The van der Waals surface area contributed by atoms with E-state index in [2.05, 4.69) is 31.2 Å². The summed E-state index contributed by atoms with van der Waals surface area (Å²) >= 11 is 6.11. The highest BCUT2D eigenvalue weighted by Crippen LogP contribution is 2.33. The van der Waals surface area contributed by atoms with Crippen LogP contribution in [0.2, 0.25) is 0 Å². The number of thiophene rings is 1. The normalized spacial score (nSPS) is 13.5. The van der Waals surface area contributed by atoms with Crippen LogP contribution < -0.4 is 10.9 Å². The van der Waals surface area contributed by atoms with E-state index in [-0.39, 0.29) is 22.9 Å². The molecule has 2 N–H and O–H groups in total. The molecule has 1 aliphatic rings. The van der Waals surface area contributed by atoms with Crippen LogP contribution >= 0.6 is 39.0 Å². The second kappa shape index (κ2) is 8.34. The Bertz CT molecular complexity index is 1110. The van der Waals surface area contributed by atoms with Crippen LogP contribution in [0.4, 0.5) is 10.1 Å². The number of carbonyl (C=O) groups is 1. The summed E-state index contributed by atoms with van der Waals surface area (Å²) in [6.07, 6.45) is 4.24. The highest BCUT2D eigenvalue weighted by atomic mass is 79.9. The van der Waals surface area contributed by atoms with Gasteiger partial charge in [-0.05, 0) is 49.4 Å². The van der Waals surface area contributed by atoms with Gasteiger partial charge in [0, 0.05) is 9.35 Å².